The molecular formula is C12H10BrNO4. The second-order valence-electron chi connectivity index (χ2n) is 4.14. The van der Waals surface area contributed by atoms with Crippen LogP contribution in [0.15, 0.2) is 16.6 Å². The van der Waals surface area contributed by atoms with Crippen LogP contribution in [-0.4, -0.2) is 29.3 Å². The van der Waals surface area contributed by atoms with Crippen LogP contribution in [0.2, 0.25) is 0 Å². The summed E-state index contributed by atoms with van der Waals surface area (Å²) < 4.78 is 0.503. The van der Waals surface area contributed by atoms with Crippen molar-refractivity contribution in [1.82, 2.24) is 0 Å². The van der Waals surface area contributed by atoms with Crippen molar-refractivity contribution >= 4 is 39.3 Å². The topological polar surface area (TPSA) is 74.7 Å². The number of benzene rings is 1. The van der Waals surface area contributed by atoms with E-state index in [1.807, 2.05) is 0 Å². The summed E-state index contributed by atoms with van der Waals surface area (Å²) in [6, 6.07) is 3.20. The fourth-order valence-corrected chi connectivity index (χ4v) is 2.75. The average Bonchev–Trinajstić information content (AvgIpc) is 2.56. The predicted molar refractivity (Wildman–Crippen MR) is 67.8 cm³/mol. The van der Waals surface area contributed by atoms with E-state index in [2.05, 4.69) is 15.9 Å². The first-order valence-electron chi connectivity index (χ1n) is 5.25. The number of rotatable bonds is 2. The summed E-state index contributed by atoms with van der Waals surface area (Å²) in [6.45, 7) is 1.69. The van der Waals surface area contributed by atoms with Crippen molar-refractivity contribution in [2.45, 2.75) is 13.3 Å². The molecule has 0 spiro atoms. The molecule has 5 nitrogen and oxygen atoms in total. The number of carbonyl (C=O) groups excluding carboxylic acids is 2. The zero-order valence-electron chi connectivity index (χ0n) is 9.57. The predicted octanol–water partition coefficient (Wildman–Crippen LogP) is 1.76. The van der Waals surface area contributed by atoms with Crippen LogP contribution >= 0.6 is 15.9 Å². The fraction of sp³-hybridized carbons (Fsp3) is 0.250. The van der Waals surface area contributed by atoms with Gasteiger partial charge >= 0.3 is 5.97 Å². The molecule has 1 aliphatic heterocycles. The van der Waals surface area contributed by atoms with E-state index in [9.17, 15) is 19.5 Å². The van der Waals surface area contributed by atoms with E-state index in [1.165, 1.54) is 11.0 Å². The molecule has 1 aromatic rings. The number of carbonyl (C=O) groups is 3. The summed E-state index contributed by atoms with van der Waals surface area (Å²) >= 11 is 3.26. The van der Waals surface area contributed by atoms with Crippen LogP contribution in [0.1, 0.15) is 22.3 Å². The number of carboxylic acids is 1. The molecule has 2 rings (SSSR count). The summed E-state index contributed by atoms with van der Waals surface area (Å²) in [5.74, 6) is -1.70. The highest BCUT2D eigenvalue weighted by Gasteiger charge is 2.32. The van der Waals surface area contributed by atoms with Crippen molar-refractivity contribution in [3.63, 3.8) is 0 Å². The van der Waals surface area contributed by atoms with E-state index in [4.69, 9.17) is 0 Å². The maximum atomic E-state index is 11.7. The number of aromatic carboxylic acids is 1. The summed E-state index contributed by atoms with van der Waals surface area (Å²) in [6.07, 6.45) is -0.167. The van der Waals surface area contributed by atoms with Crippen LogP contribution < -0.4 is 4.90 Å². The first kappa shape index (κ1) is 12.8. The molecule has 18 heavy (non-hydrogen) atoms. The SMILES string of the molecule is Cc1cc(Br)c(N2CC(=O)CC2=O)c(C(=O)O)c1. The van der Waals surface area contributed by atoms with Gasteiger partial charge in [0.05, 0.1) is 24.2 Å². The average molecular weight is 312 g/mol. The molecule has 1 aromatic carbocycles. The third-order valence-corrected chi connectivity index (χ3v) is 3.30. The minimum absolute atomic E-state index is 0.0184. The lowest BCUT2D eigenvalue weighted by Crippen LogP contribution is -2.27. The highest BCUT2D eigenvalue weighted by atomic mass is 79.9. The summed E-state index contributed by atoms with van der Waals surface area (Å²) in [4.78, 5) is 35.4. The van der Waals surface area contributed by atoms with Crippen molar-refractivity contribution in [3.8, 4) is 0 Å². The van der Waals surface area contributed by atoms with Gasteiger partial charge in [-0.15, -0.1) is 0 Å². The Morgan fingerprint density at radius 2 is 2.06 bits per heavy atom. The Labute approximate surface area is 112 Å². The number of hydrogen-bond donors (Lipinski definition) is 1. The van der Waals surface area contributed by atoms with E-state index in [1.54, 1.807) is 13.0 Å². The fourth-order valence-electron chi connectivity index (χ4n) is 1.96. The number of ketones is 1. The van der Waals surface area contributed by atoms with Gasteiger partial charge in [-0.25, -0.2) is 4.79 Å². The Balaban J connectivity index is 2.59. The van der Waals surface area contributed by atoms with Crippen molar-refractivity contribution < 1.29 is 19.5 Å². The zero-order valence-corrected chi connectivity index (χ0v) is 11.2. The van der Waals surface area contributed by atoms with Crippen LogP contribution in [0.3, 0.4) is 0 Å². The molecule has 0 atom stereocenters. The van der Waals surface area contributed by atoms with Crippen LogP contribution in [0.25, 0.3) is 0 Å². The largest absolute Gasteiger partial charge is 0.478 e. The number of halogens is 1. The molecule has 0 unspecified atom stereocenters. The molecule has 0 aliphatic carbocycles. The highest BCUT2D eigenvalue weighted by molar-refractivity contribution is 9.10. The van der Waals surface area contributed by atoms with Gasteiger partial charge < -0.3 is 10.0 Å². The van der Waals surface area contributed by atoms with Gasteiger partial charge in [-0.05, 0) is 40.5 Å². The van der Waals surface area contributed by atoms with Gasteiger partial charge in [0.1, 0.15) is 0 Å². The third-order valence-electron chi connectivity index (χ3n) is 2.69. The molecule has 1 saturated heterocycles. The van der Waals surface area contributed by atoms with Crippen molar-refractivity contribution in [3.05, 3.63) is 27.7 Å². The lowest BCUT2D eigenvalue weighted by atomic mass is 10.1. The molecule has 1 amide bonds. The minimum Gasteiger partial charge on any atom is -0.478 e. The maximum absolute atomic E-state index is 11.7. The molecule has 0 bridgehead atoms. The number of nitrogens with zero attached hydrogens (tertiary/aromatic N) is 1. The van der Waals surface area contributed by atoms with Gasteiger partial charge in [-0.1, -0.05) is 0 Å². The van der Waals surface area contributed by atoms with Crippen LogP contribution in [-0.2, 0) is 9.59 Å². The lowest BCUT2D eigenvalue weighted by Gasteiger charge is -2.19. The number of hydrogen-bond acceptors (Lipinski definition) is 3. The quantitative estimate of drug-likeness (QED) is 0.845. The van der Waals surface area contributed by atoms with E-state index < -0.39 is 5.97 Å². The number of amides is 1. The Morgan fingerprint density at radius 1 is 1.39 bits per heavy atom. The summed E-state index contributed by atoms with van der Waals surface area (Å²) in [5, 5.41) is 9.18. The molecule has 6 heteroatoms. The van der Waals surface area contributed by atoms with E-state index in [0.717, 1.165) is 5.56 Å². The maximum Gasteiger partial charge on any atom is 0.337 e. The van der Waals surface area contributed by atoms with Crippen molar-refractivity contribution in [2.75, 3.05) is 11.4 Å². The number of aryl methyl sites for hydroxylation is 1. The molecular weight excluding hydrogens is 302 g/mol. The molecule has 1 fully saturated rings. The van der Waals surface area contributed by atoms with Gasteiger partial charge in [-0.2, -0.15) is 0 Å². The zero-order chi connectivity index (χ0) is 13.4. The third kappa shape index (κ3) is 2.15. The van der Waals surface area contributed by atoms with E-state index >= 15 is 0 Å². The molecule has 0 radical (unpaired) electrons. The van der Waals surface area contributed by atoms with Crippen molar-refractivity contribution in [1.29, 1.82) is 0 Å². The highest BCUT2D eigenvalue weighted by Crippen LogP contribution is 2.33. The molecule has 0 aromatic heterocycles. The Morgan fingerprint density at radius 3 is 2.56 bits per heavy atom. The van der Waals surface area contributed by atoms with Gasteiger partial charge in [0.2, 0.25) is 5.91 Å². The monoisotopic (exact) mass is 311 g/mol. The Hall–Kier alpha value is -1.69. The minimum atomic E-state index is -1.12. The number of anilines is 1. The summed E-state index contributed by atoms with van der Waals surface area (Å²) in [7, 11) is 0. The van der Waals surface area contributed by atoms with Crippen LogP contribution in [0, 0.1) is 6.92 Å². The second-order valence-corrected chi connectivity index (χ2v) is 5.00. The first-order chi connectivity index (χ1) is 8.40. The van der Waals surface area contributed by atoms with Gasteiger partial charge in [0.25, 0.3) is 0 Å². The molecule has 1 aliphatic rings. The van der Waals surface area contributed by atoms with Gasteiger partial charge in [0.15, 0.2) is 5.78 Å². The smallest absolute Gasteiger partial charge is 0.337 e. The molecule has 94 valence electrons. The van der Waals surface area contributed by atoms with Crippen LogP contribution in [0.4, 0.5) is 5.69 Å². The second kappa shape index (κ2) is 4.53. The van der Waals surface area contributed by atoms with E-state index in [-0.39, 0.29) is 35.9 Å². The lowest BCUT2D eigenvalue weighted by molar-refractivity contribution is -0.121. The molecule has 0 saturated carbocycles. The van der Waals surface area contributed by atoms with Crippen LogP contribution in [0.5, 0.6) is 0 Å². The van der Waals surface area contributed by atoms with E-state index in [0.29, 0.717) is 4.47 Å². The Bertz CT molecular complexity index is 567. The number of carboxylic acid groups (broad SMARTS) is 1. The molecule has 1 heterocycles. The summed E-state index contributed by atoms with van der Waals surface area (Å²) in [5.41, 5.74) is 1.04. The standard InChI is InChI=1S/C12H10BrNO4/c1-6-2-8(12(17)18)11(9(13)3-6)14-5-7(15)4-10(14)16/h2-3H,4-5H2,1H3,(H,17,18). The number of Topliss-reactive ketones (excluding diaryl/α,β-unsaturated/α-hetero) is 1. The first-order valence-corrected chi connectivity index (χ1v) is 6.05. The Kier molecular flexibility index (Phi) is 3.21. The molecule has 1 N–H and O–H groups in total. The van der Waals surface area contributed by atoms with Gasteiger partial charge in [-0.3, -0.25) is 9.59 Å². The van der Waals surface area contributed by atoms with Crippen molar-refractivity contribution in [2.24, 2.45) is 0 Å². The normalized spacial score (nSPS) is 15.3. The van der Waals surface area contributed by atoms with Gasteiger partial charge in [0, 0.05) is 4.47 Å².